The molecule has 0 aliphatic rings. The van der Waals surface area contributed by atoms with Crippen LogP contribution in [0, 0.1) is 5.21 Å². The maximum absolute atomic E-state index is 10.8. The normalized spacial score (nSPS) is 11.2. The molecule has 1 aromatic heterocycles. The molecule has 0 bridgehead atoms. The molecule has 0 spiro atoms. The van der Waals surface area contributed by atoms with Crippen molar-refractivity contribution >= 4 is 5.69 Å². The Kier molecular flexibility index (Phi) is 3.00. The van der Waals surface area contributed by atoms with Crippen molar-refractivity contribution in [1.82, 2.24) is 0 Å². The van der Waals surface area contributed by atoms with E-state index < -0.39 is 5.54 Å². The average Bonchev–Trinajstić information content (AvgIpc) is 2.17. The van der Waals surface area contributed by atoms with Crippen LogP contribution in [0.5, 0.6) is 0 Å². The molecule has 4 heteroatoms. The van der Waals surface area contributed by atoms with Crippen LogP contribution >= 0.6 is 0 Å². The highest BCUT2D eigenvalue weighted by Crippen LogP contribution is 2.25. The summed E-state index contributed by atoms with van der Waals surface area (Å²) < 4.78 is 0.672. The number of nitrogens with zero attached hydrogens (tertiary/aromatic N) is 2. The molecule has 1 heterocycles. The molecule has 0 amide bonds. The Morgan fingerprint density at radius 1 is 1.47 bits per heavy atom. The Balaban J connectivity index is 2.99. The molecule has 4 nitrogen and oxygen atoms in total. The van der Waals surface area contributed by atoms with Crippen LogP contribution in [0.15, 0.2) is 36.7 Å². The lowest BCUT2D eigenvalue weighted by Gasteiger charge is -2.35. The van der Waals surface area contributed by atoms with Gasteiger partial charge in [-0.05, 0) is 20.8 Å². The first-order valence-corrected chi connectivity index (χ1v) is 4.69. The molecule has 0 aliphatic heterocycles. The quantitative estimate of drug-likeness (QED) is 0.357. The summed E-state index contributed by atoms with van der Waals surface area (Å²) in [7, 11) is 0. The smallest absolute Gasteiger partial charge is 0.182 e. The standard InChI is InChI=1S/C11H16N2O2/c1-9(2)11(3,4)13(15)10-5-7-12(14)8-6-10/h5-8,15H,1H2,2-4H3. The van der Waals surface area contributed by atoms with E-state index in [0.717, 1.165) is 10.6 Å². The summed E-state index contributed by atoms with van der Waals surface area (Å²) in [6.45, 7) is 9.38. The highest BCUT2D eigenvalue weighted by Gasteiger charge is 2.27. The van der Waals surface area contributed by atoms with Gasteiger partial charge in [0.25, 0.3) is 0 Å². The van der Waals surface area contributed by atoms with E-state index in [-0.39, 0.29) is 0 Å². The van der Waals surface area contributed by atoms with E-state index in [0.29, 0.717) is 10.4 Å². The molecule has 0 aromatic carbocycles. The molecule has 0 fully saturated rings. The second kappa shape index (κ2) is 3.90. The first-order chi connectivity index (χ1) is 6.85. The van der Waals surface area contributed by atoms with Crippen LogP contribution in [0.3, 0.4) is 0 Å². The zero-order valence-corrected chi connectivity index (χ0v) is 9.27. The predicted molar refractivity (Wildman–Crippen MR) is 58.6 cm³/mol. The van der Waals surface area contributed by atoms with Gasteiger partial charge in [-0.1, -0.05) is 12.2 Å². The highest BCUT2D eigenvalue weighted by atomic mass is 16.5. The monoisotopic (exact) mass is 208 g/mol. The molecule has 0 saturated heterocycles. The highest BCUT2D eigenvalue weighted by molar-refractivity contribution is 5.45. The van der Waals surface area contributed by atoms with Crippen LogP contribution in [0.4, 0.5) is 5.69 Å². The third kappa shape index (κ3) is 2.27. The van der Waals surface area contributed by atoms with Gasteiger partial charge < -0.3 is 5.21 Å². The number of hydrogen-bond donors (Lipinski definition) is 1. The van der Waals surface area contributed by atoms with Crippen LogP contribution in [-0.2, 0) is 0 Å². The lowest BCUT2D eigenvalue weighted by molar-refractivity contribution is -0.605. The minimum Gasteiger partial charge on any atom is -0.619 e. The Bertz CT molecular complexity index is 357. The van der Waals surface area contributed by atoms with Gasteiger partial charge in [-0.15, -0.1) is 0 Å². The van der Waals surface area contributed by atoms with Gasteiger partial charge >= 0.3 is 0 Å². The molecule has 82 valence electrons. The summed E-state index contributed by atoms with van der Waals surface area (Å²) in [6.07, 6.45) is 2.68. The number of aromatic nitrogens is 1. The summed E-state index contributed by atoms with van der Waals surface area (Å²) in [5.74, 6) is 0. The molecule has 0 saturated carbocycles. The molecule has 0 atom stereocenters. The van der Waals surface area contributed by atoms with E-state index in [4.69, 9.17) is 0 Å². The molecule has 0 radical (unpaired) electrons. The zero-order chi connectivity index (χ0) is 11.6. The van der Waals surface area contributed by atoms with Crippen LogP contribution in [0.2, 0.25) is 0 Å². The topological polar surface area (TPSA) is 50.4 Å². The number of anilines is 1. The molecular weight excluding hydrogens is 192 g/mol. The van der Waals surface area contributed by atoms with Crippen molar-refractivity contribution in [2.75, 3.05) is 5.06 Å². The number of hydroxylamine groups is 1. The molecule has 1 rings (SSSR count). The van der Waals surface area contributed by atoms with E-state index in [2.05, 4.69) is 6.58 Å². The Morgan fingerprint density at radius 2 is 1.93 bits per heavy atom. The van der Waals surface area contributed by atoms with Gasteiger partial charge in [-0.3, -0.25) is 5.21 Å². The van der Waals surface area contributed by atoms with E-state index in [1.807, 2.05) is 20.8 Å². The third-order valence-corrected chi connectivity index (χ3v) is 2.60. The van der Waals surface area contributed by atoms with Gasteiger partial charge in [-0.2, -0.15) is 4.73 Å². The van der Waals surface area contributed by atoms with Crippen LogP contribution in [0.1, 0.15) is 20.8 Å². The Hall–Kier alpha value is -1.55. The summed E-state index contributed by atoms with van der Waals surface area (Å²) in [5, 5.41) is 21.9. The second-order valence-electron chi connectivity index (χ2n) is 4.07. The van der Waals surface area contributed by atoms with Crippen LogP contribution in [-0.4, -0.2) is 10.7 Å². The summed E-state index contributed by atoms with van der Waals surface area (Å²) in [4.78, 5) is 0. The maximum Gasteiger partial charge on any atom is 0.182 e. The van der Waals surface area contributed by atoms with E-state index in [9.17, 15) is 10.4 Å². The fourth-order valence-corrected chi connectivity index (χ4v) is 1.05. The SMILES string of the molecule is C=C(C)C(C)(C)N(O)c1cc[n+]([O-])cc1. The molecular formula is C11H16N2O2. The van der Waals surface area contributed by atoms with E-state index >= 15 is 0 Å². The first kappa shape index (κ1) is 11.5. The van der Waals surface area contributed by atoms with Crippen molar-refractivity contribution in [2.45, 2.75) is 26.3 Å². The predicted octanol–water partition coefficient (Wildman–Crippen LogP) is 1.87. The fourth-order valence-electron chi connectivity index (χ4n) is 1.05. The molecule has 1 aromatic rings. The molecule has 0 unspecified atom stereocenters. The number of pyridine rings is 1. The van der Waals surface area contributed by atoms with E-state index in [1.54, 1.807) is 12.1 Å². The zero-order valence-electron chi connectivity index (χ0n) is 9.27. The fraction of sp³-hybridized carbons (Fsp3) is 0.364. The van der Waals surface area contributed by atoms with Crippen molar-refractivity contribution in [3.05, 3.63) is 41.9 Å². The third-order valence-electron chi connectivity index (χ3n) is 2.60. The summed E-state index contributed by atoms with van der Waals surface area (Å²) >= 11 is 0. The maximum atomic E-state index is 10.8. The molecule has 1 N–H and O–H groups in total. The van der Waals surface area contributed by atoms with E-state index in [1.165, 1.54) is 12.4 Å². The van der Waals surface area contributed by atoms with Gasteiger partial charge in [0, 0.05) is 12.1 Å². The van der Waals surface area contributed by atoms with Crippen molar-refractivity contribution in [3.8, 4) is 0 Å². The lowest BCUT2D eigenvalue weighted by Crippen LogP contribution is -2.42. The minimum atomic E-state index is -0.560. The van der Waals surface area contributed by atoms with Gasteiger partial charge in [0.2, 0.25) is 0 Å². The number of hydrogen-bond acceptors (Lipinski definition) is 3. The lowest BCUT2D eigenvalue weighted by atomic mass is 9.96. The van der Waals surface area contributed by atoms with Crippen LogP contribution < -0.4 is 9.79 Å². The van der Waals surface area contributed by atoms with Gasteiger partial charge in [0.15, 0.2) is 12.4 Å². The van der Waals surface area contributed by atoms with Gasteiger partial charge in [0.1, 0.15) is 0 Å². The molecule has 0 aliphatic carbocycles. The van der Waals surface area contributed by atoms with Gasteiger partial charge in [0.05, 0.1) is 11.2 Å². The largest absolute Gasteiger partial charge is 0.619 e. The van der Waals surface area contributed by atoms with Crippen molar-refractivity contribution in [3.63, 3.8) is 0 Å². The number of rotatable bonds is 3. The Morgan fingerprint density at radius 3 is 2.33 bits per heavy atom. The van der Waals surface area contributed by atoms with Gasteiger partial charge in [-0.25, -0.2) is 5.06 Å². The van der Waals surface area contributed by atoms with Crippen molar-refractivity contribution < 1.29 is 9.94 Å². The molecule has 15 heavy (non-hydrogen) atoms. The minimum absolute atomic E-state index is 0.560. The second-order valence-corrected chi connectivity index (χ2v) is 4.07. The van der Waals surface area contributed by atoms with Crippen molar-refractivity contribution in [2.24, 2.45) is 0 Å². The Labute approximate surface area is 89.6 Å². The van der Waals surface area contributed by atoms with Crippen molar-refractivity contribution in [1.29, 1.82) is 0 Å². The summed E-state index contributed by atoms with van der Waals surface area (Å²) in [5.41, 5.74) is 0.841. The first-order valence-electron chi connectivity index (χ1n) is 4.69. The average molecular weight is 208 g/mol. The summed E-state index contributed by atoms with van der Waals surface area (Å²) in [6, 6.07) is 3.11. The van der Waals surface area contributed by atoms with Crippen LogP contribution in [0.25, 0.3) is 0 Å².